The molecular formula is C22H28ClN5O5. The molecule has 0 bridgehead atoms. The smallest absolute Gasteiger partial charge is 0.434 e. The molecule has 2 N–H and O–H groups in total. The van der Waals surface area contributed by atoms with E-state index < -0.39 is 6.09 Å². The van der Waals surface area contributed by atoms with Crippen molar-refractivity contribution in [1.82, 2.24) is 19.4 Å². The van der Waals surface area contributed by atoms with Gasteiger partial charge in [-0.25, -0.2) is 4.79 Å². The maximum Gasteiger partial charge on any atom is 0.434 e. The zero-order valence-electron chi connectivity index (χ0n) is 18.5. The Bertz CT molecular complexity index is 993. The van der Waals surface area contributed by atoms with E-state index in [0.29, 0.717) is 55.6 Å². The van der Waals surface area contributed by atoms with Gasteiger partial charge in [0.05, 0.1) is 0 Å². The van der Waals surface area contributed by atoms with Crippen molar-refractivity contribution in [2.24, 2.45) is 0 Å². The van der Waals surface area contributed by atoms with E-state index in [4.69, 9.17) is 16.4 Å². The van der Waals surface area contributed by atoms with Crippen LogP contribution in [0.1, 0.15) is 12.5 Å². The molecule has 10 nitrogen and oxygen atoms in total. The molecule has 0 aliphatic carbocycles. The SMILES string of the molecule is CC(=O)N1CCN(c2cc(Cl)ccc2CN2CCN(C(=O)On3c(O)ccc3O)CC2)CC1. The quantitative estimate of drug-likeness (QED) is 0.689. The molecule has 2 aromatic rings. The number of carbonyl (C=O) groups excluding carboxylic acids is 2. The number of piperazine rings is 2. The third-order valence-corrected chi connectivity index (χ3v) is 6.34. The fourth-order valence-corrected chi connectivity index (χ4v) is 4.35. The van der Waals surface area contributed by atoms with E-state index >= 15 is 0 Å². The Balaban J connectivity index is 1.35. The number of hydrogen-bond acceptors (Lipinski definition) is 7. The van der Waals surface area contributed by atoms with Crippen LogP contribution < -0.4 is 9.74 Å². The molecule has 3 heterocycles. The average molecular weight is 478 g/mol. The Hall–Kier alpha value is -3.11. The lowest BCUT2D eigenvalue weighted by molar-refractivity contribution is -0.129. The molecule has 33 heavy (non-hydrogen) atoms. The highest BCUT2D eigenvalue weighted by Gasteiger charge is 2.26. The maximum atomic E-state index is 12.4. The van der Waals surface area contributed by atoms with Crippen molar-refractivity contribution < 1.29 is 24.6 Å². The van der Waals surface area contributed by atoms with Gasteiger partial charge in [0, 0.05) is 88.7 Å². The number of anilines is 1. The molecule has 1 aromatic heterocycles. The number of nitrogens with zero attached hydrogens (tertiary/aromatic N) is 5. The zero-order valence-corrected chi connectivity index (χ0v) is 19.2. The number of rotatable bonds is 4. The summed E-state index contributed by atoms with van der Waals surface area (Å²) in [7, 11) is 0. The predicted octanol–water partition coefficient (Wildman–Crippen LogP) is 1.59. The molecule has 2 aliphatic heterocycles. The third kappa shape index (κ3) is 5.28. The Labute approximate surface area is 197 Å². The number of halogens is 1. The number of aromatic nitrogens is 1. The maximum absolute atomic E-state index is 12.4. The average Bonchev–Trinajstić information content (AvgIpc) is 3.12. The van der Waals surface area contributed by atoms with Crippen molar-refractivity contribution in [3.05, 3.63) is 40.9 Å². The molecule has 0 radical (unpaired) electrons. The van der Waals surface area contributed by atoms with Gasteiger partial charge in [-0.05, 0) is 17.7 Å². The van der Waals surface area contributed by atoms with E-state index in [1.165, 1.54) is 12.1 Å². The highest BCUT2D eigenvalue weighted by atomic mass is 35.5. The minimum atomic E-state index is -0.632. The summed E-state index contributed by atoms with van der Waals surface area (Å²) in [5.74, 6) is -0.600. The van der Waals surface area contributed by atoms with Crippen LogP contribution >= 0.6 is 11.6 Å². The Kier molecular flexibility index (Phi) is 6.85. The van der Waals surface area contributed by atoms with Crippen molar-refractivity contribution >= 4 is 29.3 Å². The van der Waals surface area contributed by atoms with Gasteiger partial charge in [-0.1, -0.05) is 17.7 Å². The number of hydrogen-bond donors (Lipinski definition) is 2. The van der Waals surface area contributed by atoms with Crippen molar-refractivity contribution in [3.8, 4) is 11.8 Å². The Morgan fingerprint density at radius 1 is 0.909 bits per heavy atom. The van der Waals surface area contributed by atoms with Crippen LogP contribution in [0.15, 0.2) is 30.3 Å². The van der Waals surface area contributed by atoms with Gasteiger partial charge in [0.1, 0.15) is 0 Å². The minimum Gasteiger partial charge on any atom is -0.492 e. The fraction of sp³-hybridized carbons (Fsp3) is 0.455. The molecule has 4 rings (SSSR count). The molecule has 2 aliphatic rings. The summed E-state index contributed by atoms with van der Waals surface area (Å²) in [6.45, 7) is 7.42. The van der Waals surface area contributed by atoms with E-state index in [9.17, 15) is 19.8 Å². The first kappa shape index (κ1) is 23.1. The van der Waals surface area contributed by atoms with E-state index in [1.807, 2.05) is 23.1 Å². The molecule has 11 heteroatoms. The van der Waals surface area contributed by atoms with Gasteiger partial charge in [-0.2, -0.15) is 0 Å². The lowest BCUT2D eigenvalue weighted by Crippen LogP contribution is -2.50. The Morgan fingerprint density at radius 3 is 2.12 bits per heavy atom. The van der Waals surface area contributed by atoms with Gasteiger partial charge in [-0.3, -0.25) is 9.69 Å². The standard InChI is InChI=1S/C22H28ClN5O5/c1-16(29)25-10-12-26(13-11-25)19-14-18(23)3-2-17(19)15-24-6-8-27(9-7-24)22(32)33-28-20(30)4-5-21(28)31/h2-5,14,30-31H,6-13,15H2,1H3. The molecule has 178 valence electrons. The van der Waals surface area contributed by atoms with Crippen molar-refractivity contribution in [2.45, 2.75) is 13.5 Å². The molecular weight excluding hydrogens is 450 g/mol. The van der Waals surface area contributed by atoms with Crippen LogP contribution in [0, 0.1) is 0 Å². The van der Waals surface area contributed by atoms with Crippen molar-refractivity contribution in [2.75, 3.05) is 57.3 Å². The number of benzene rings is 1. The molecule has 0 unspecified atom stereocenters. The van der Waals surface area contributed by atoms with Crippen molar-refractivity contribution in [1.29, 1.82) is 0 Å². The van der Waals surface area contributed by atoms with Crippen LogP contribution in [0.25, 0.3) is 0 Å². The molecule has 0 saturated carbocycles. The highest BCUT2D eigenvalue weighted by molar-refractivity contribution is 6.30. The van der Waals surface area contributed by atoms with Crippen LogP contribution in [0.4, 0.5) is 10.5 Å². The van der Waals surface area contributed by atoms with Gasteiger partial charge in [0.15, 0.2) is 0 Å². The molecule has 2 fully saturated rings. The summed E-state index contributed by atoms with van der Waals surface area (Å²) in [6.07, 6.45) is -0.632. The van der Waals surface area contributed by atoms with Crippen LogP contribution in [0.3, 0.4) is 0 Å². The summed E-state index contributed by atoms with van der Waals surface area (Å²) in [5, 5.41) is 20.0. The second-order valence-corrected chi connectivity index (χ2v) is 8.67. The summed E-state index contributed by atoms with van der Waals surface area (Å²) in [5.41, 5.74) is 2.22. The molecule has 2 saturated heterocycles. The van der Waals surface area contributed by atoms with E-state index in [-0.39, 0.29) is 17.7 Å². The number of carbonyl (C=O) groups is 2. The number of aromatic hydroxyl groups is 2. The van der Waals surface area contributed by atoms with Crippen LogP contribution in [0.5, 0.6) is 11.8 Å². The molecule has 0 spiro atoms. The zero-order chi connectivity index (χ0) is 23.5. The topological polar surface area (TPSA) is 102 Å². The van der Waals surface area contributed by atoms with E-state index in [0.717, 1.165) is 24.3 Å². The normalized spacial score (nSPS) is 17.3. The first-order valence-electron chi connectivity index (χ1n) is 10.9. The van der Waals surface area contributed by atoms with Crippen LogP contribution in [-0.2, 0) is 11.3 Å². The summed E-state index contributed by atoms with van der Waals surface area (Å²) in [6, 6.07) is 8.38. The Morgan fingerprint density at radius 2 is 1.52 bits per heavy atom. The van der Waals surface area contributed by atoms with Gasteiger partial charge >= 0.3 is 6.09 Å². The van der Waals surface area contributed by atoms with Gasteiger partial charge in [0.2, 0.25) is 17.7 Å². The lowest BCUT2D eigenvalue weighted by Gasteiger charge is -2.38. The second kappa shape index (κ2) is 9.80. The monoisotopic (exact) mass is 477 g/mol. The van der Waals surface area contributed by atoms with E-state index in [1.54, 1.807) is 11.8 Å². The fourth-order valence-electron chi connectivity index (χ4n) is 4.19. The first-order valence-corrected chi connectivity index (χ1v) is 11.3. The minimum absolute atomic E-state index is 0.0968. The largest absolute Gasteiger partial charge is 0.492 e. The highest BCUT2D eigenvalue weighted by Crippen LogP contribution is 2.28. The summed E-state index contributed by atoms with van der Waals surface area (Å²) in [4.78, 5) is 37.0. The first-order chi connectivity index (χ1) is 15.8. The van der Waals surface area contributed by atoms with Crippen LogP contribution in [-0.4, -0.2) is 94.0 Å². The molecule has 1 aromatic carbocycles. The predicted molar refractivity (Wildman–Crippen MR) is 123 cm³/mol. The second-order valence-electron chi connectivity index (χ2n) is 8.23. The van der Waals surface area contributed by atoms with Crippen molar-refractivity contribution in [3.63, 3.8) is 0 Å². The van der Waals surface area contributed by atoms with Gasteiger partial charge < -0.3 is 29.8 Å². The van der Waals surface area contributed by atoms with Gasteiger partial charge in [0.25, 0.3) is 0 Å². The molecule has 2 amide bonds. The lowest BCUT2D eigenvalue weighted by atomic mass is 10.1. The number of amides is 2. The molecule has 0 atom stereocenters. The third-order valence-electron chi connectivity index (χ3n) is 6.10. The van der Waals surface area contributed by atoms with E-state index in [2.05, 4.69) is 9.80 Å². The summed E-state index contributed by atoms with van der Waals surface area (Å²) < 4.78 is 0.695. The van der Waals surface area contributed by atoms with Gasteiger partial charge in [-0.15, -0.1) is 4.73 Å². The summed E-state index contributed by atoms with van der Waals surface area (Å²) >= 11 is 6.29. The van der Waals surface area contributed by atoms with Crippen LogP contribution in [0.2, 0.25) is 5.02 Å².